The van der Waals surface area contributed by atoms with Crippen LogP contribution in [0.2, 0.25) is 0 Å². The smallest absolute Gasteiger partial charge is 0.0358 e. The molecular weight excluding hydrogens is 258 g/mol. The quantitative estimate of drug-likeness (QED) is 0.849. The molecule has 3 heteroatoms. The molecule has 1 aliphatic carbocycles. The van der Waals surface area contributed by atoms with E-state index in [2.05, 4.69) is 30.6 Å². The van der Waals surface area contributed by atoms with Crippen LogP contribution in [0.15, 0.2) is 0 Å². The first-order chi connectivity index (χ1) is 9.97. The first-order valence-electron chi connectivity index (χ1n) is 9.16. The molecule has 1 saturated carbocycles. The maximum atomic E-state index is 6.36. The molecular formula is C18H35N3. The molecule has 0 amide bonds. The zero-order chi connectivity index (χ0) is 15.1. The second-order valence-electron chi connectivity index (χ2n) is 8.71. The molecule has 0 radical (unpaired) electrons. The van der Waals surface area contributed by atoms with Gasteiger partial charge in [-0.05, 0) is 50.0 Å². The van der Waals surface area contributed by atoms with Crippen molar-refractivity contribution in [2.24, 2.45) is 17.1 Å². The van der Waals surface area contributed by atoms with Gasteiger partial charge in [0.2, 0.25) is 0 Å². The maximum absolute atomic E-state index is 6.36. The van der Waals surface area contributed by atoms with Crippen molar-refractivity contribution in [2.45, 2.75) is 70.9 Å². The minimum atomic E-state index is 0.277. The fraction of sp³-hybridized carbons (Fsp3) is 1.00. The highest BCUT2D eigenvalue weighted by atomic mass is 15.3. The zero-order valence-electron chi connectivity index (χ0n) is 14.4. The molecule has 3 fully saturated rings. The lowest BCUT2D eigenvalue weighted by molar-refractivity contribution is -0.0672. The summed E-state index contributed by atoms with van der Waals surface area (Å²) in [5.74, 6) is 0.724. The Balaban J connectivity index is 1.74. The Morgan fingerprint density at radius 3 is 2.62 bits per heavy atom. The minimum Gasteiger partial charge on any atom is -0.329 e. The van der Waals surface area contributed by atoms with Crippen molar-refractivity contribution in [1.29, 1.82) is 0 Å². The van der Waals surface area contributed by atoms with Gasteiger partial charge in [0.05, 0.1) is 0 Å². The highest BCUT2D eigenvalue weighted by Crippen LogP contribution is 2.47. The first-order valence-corrected chi connectivity index (χ1v) is 9.16. The van der Waals surface area contributed by atoms with Crippen molar-refractivity contribution in [1.82, 2.24) is 9.80 Å². The highest BCUT2D eigenvalue weighted by molar-refractivity contribution is 5.04. The molecule has 3 unspecified atom stereocenters. The molecule has 21 heavy (non-hydrogen) atoms. The van der Waals surface area contributed by atoms with Crippen molar-refractivity contribution in [3.05, 3.63) is 0 Å². The number of nitrogens with two attached hydrogens (primary N) is 1. The summed E-state index contributed by atoms with van der Waals surface area (Å²) in [6.07, 6.45) is 8.19. The Morgan fingerprint density at radius 1 is 1.10 bits per heavy atom. The van der Waals surface area contributed by atoms with E-state index in [4.69, 9.17) is 5.73 Å². The third kappa shape index (κ3) is 2.89. The molecule has 2 heterocycles. The third-order valence-corrected chi connectivity index (χ3v) is 6.83. The fourth-order valence-corrected chi connectivity index (χ4v) is 5.38. The Hall–Kier alpha value is -0.120. The molecule has 3 aliphatic rings. The van der Waals surface area contributed by atoms with E-state index >= 15 is 0 Å². The van der Waals surface area contributed by atoms with Crippen molar-refractivity contribution in [3.8, 4) is 0 Å². The second-order valence-corrected chi connectivity index (χ2v) is 8.71. The summed E-state index contributed by atoms with van der Waals surface area (Å²) in [7, 11) is 0. The molecule has 3 rings (SSSR count). The number of hydrogen-bond acceptors (Lipinski definition) is 3. The van der Waals surface area contributed by atoms with Gasteiger partial charge in [-0.15, -0.1) is 0 Å². The summed E-state index contributed by atoms with van der Waals surface area (Å²) in [6.45, 7) is 13.3. The van der Waals surface area contributed by atoms with Gasteiger partial charge in [0.1, 0.15) is 0 Å². The van der Waals surface area contributed by atoms with Crippen molar-refractivity contribution in [3.63, 3.8) is 0 Å². The third-order valence-electron chi connectivity index (χ3n) is 6.83. The van der Waals surface area contributed by atoms with Crippen LogP contribution in [0.4, 0.5) is 0 Å². The molecule has 2 saturated heterocycles. The normalized spacial score (nSPS) is 41.7. The van der Waals surface area contributed by atoms with Crippen LogP contribution in [-0.4, -0.2) is 54.1 Å². The first kappa shape index (κ1) is 15.8. The van der Waals surface area contributed by atoms with Crippen molar-refractivity contribution < 1.29 is 0 Å². The molecule has 0 aromatic carbocycles. The Kier molecular flexibility index (Phi) is 4.37. The van der Waals surface area contributed by atoms with Crippen LogP contribution in [0.3, 0.4) is 0 Å². The van der Waals surface area contributed by atoms with Gasteiger partial charge in [0, 0.05) is 37.8 Å². The van der Waals surface area contributed by atoms with Crippen LogP contribution < -0.4 is 5.73 Å². The molecule has 2 aliphatic heterocycles. The topological polar surface area (TPSA) is 32.5 Å². The van der Waals surface area contributed by atoms with Crippen LogP contribution in [-0.2, 0) is 0 Å². The summed E-state index contributed by atoms with van der Waals surface area (Å²) >= 11 is 0. The number of nitrogens with zero attached hydrogens (tertiary/aromatic N) is 2. The van der Waals surface area contributed by atoms with Crippen molar-refractivity contribution >= 4 is 0 Å². The van der Waals surface area contributed by atoms with Gasteiger partial charge >= 0.3 is 0 Å². The van der Waals surface area contributed by atoms with Crippen molar-refractivity contribution in [2.75, 3.05) is 32.7 Å². The molecule has 0 spiro atoms. The Labute approximate surface area is 131 Å². The summed E-state index contributed by atoms with van der Waals surface area (Å²) in [5, 5.41) is 0. The highest BCUT2D eigenvalue weighted by Gasteiger charge is 2.48. The van der Waals surface area contributed by atoms with Crippen LogP contribution >= 0.6 is 0 Å². The van der Waals surface area contributed by atoms with E-state index < -0.39 is 0 Å². The number of piperazine rings is 1. The average Bonchev–Trinajstić information content (AvgIpc) is 2.47. The number of piperidine rings is 1. The summed E-state index contributed by atoms with van der Waals surface area (Å²) in [5.41, 5.74) is 7.14. The molecule has 3 nitrogen and oxygen atoms in total. The Bertz CT molecular complexity index is 367. The molecule has 0 bridgehead atoms. The summed E-state index contributed by atoms with van der Waals surface area (Å²) < 4.78 is 0. The van der Waals surface area contributed by atoms with Gasteiger partial charge in [-0.3, -0.25) is 9.80 Å². The average molecular weight is 293 g/mol. The predicted molar refractivity (Wildman–Crippen MR) is 89.4 cm³/mol. The van der Waals surface area contributed by atoms with Gasteiger partial charge in [-0.1, -0.05) is 27.2 Å². The van der Waals surface area contributed by atoms with E-state index in [1.54, 1.807) is 0 Å². The molecule has 0 aromatic heterocycles. The molecule has 122 valence electrons. The monoisotopic (exact) mass is 293 g/mol. The largest absolute Gasteiger partial charge is 0.329 e. The maximum Gasteiger partial charge on any atom is 0.0358 e. The number of hydrogen-bond donors (Lipinski definition) is 1. The number of rotatable bonds is 2. The van der Waals surface area contributed by atoms with Crippen LogP contribution in [0, 0.1) is 11.3 Å². The SMILES string of the molecule is CC1CC(C)(C)CCC1(CN)N1CCN2CCCCC2C1. The van der Waals surface area contributed by atoms with E-state index in [1.807, 2.05) is 0 Å². The zero-order valence-corrected chi connectivity index (χ0v) is 14.4. The van der Waals surface area contributed by atoms with E-state index in [1.165, 1.54) is 64.7 Å². The van der Waals surface area contributed by atoms with E-state index in [9.17, 15) is 0 Å². The summed E-state index contributed by atoms with van der Waals surface area (Å²) in [6, 6.07) is 0.804. The van der Waals surface area contributed by atoms with Gasteiger partial charge in [-0.25, -0.2) is 0 Å². The lowest BCUT2D eigenvalue weighted by atomic mass is 9.63. The Morgan fingerprint density at radius 2 is 1.90 bits per heavy atom. The molecule has 0 aromatic rings. The van der Waals surface area contributed by atoms with Gasteiger partial charge in [-0.2, -0.15) is 0 Å². The van der Waals surface area contributed by atoms with Gasteiger partial charge < -0.3 is 5.73 Å². The lowest BCUT2D eigenvalue weighted by Crippen LogP contribution is -2.67. The lowest BCUT2D eigenvalue weighted by Gasteiger charge is -2.57. The van der Waals surface area contributed by atoms with E-state index in [0.717, 1.165) is 18.5 Å². The van der Waals surface area contributed by atoms with E-state index in [-0.39, 0.29) is 5.54 Å². The number of fused-ring (bicyclic) bond motifs is 1. The standard InChI is InChI=1S/C18H35N3/c1-15-12-17(2,3)7-8-18(15,14-19)21-11-10-20-9-5-4-6-16(20)13-21/h15-16H,4-14,19H2,1-3H3. The van der Waals surface area contributed by atoms with Crippen LogP contribution in [0.25, 0.3) is 0 Å². The van der Waals surface area contributed by atoms with Crippen LogP contribution in [0.5, 0.6) is 0 Å². The molecule has 3 atom stereocenters. The minimum absolute atomic E-state index is 0.277. The van der Waals surface area contributed by atoms with Gasteiger partial charge in [0.15, 0.2) is 0 Å². The fourth-order valence-electron chi connectivity index (χ4n) is 5.38. The van der Waals surface area contributed by atoms with E-state index in [0.29, 0.717) is 5.41 Å². The van der Waals surface area contributed by atoms with Gasteiger partial charge in [0.25, 0.3) is 0 Å². The second kappa shape index (κ2) is 5.82. The van der Waals surface area contributed by atoms with Crippen LogP contribution in [0.1, 0.15) is 59.3 Å². The molecule has 2 N–H and O–H groups in total. The summed E-state index contributed by atoms with van der Waals surface area (Å²) in [4.78, 5) is 5.54. The predicted octanol–water partition coefficient (Wildman–Crippen LogP) is 2.70.